The molecule has 1 N–H and O–H groups in total. The van der Waals surface area contributed by atoms with E-state index in [1.165, 1.54) is 18.2 Å². The Bertz CT molecular complexity index is 341. The van der Waals surface area contributed by atoms with Crippen molar-refractivity contribution in [2.75, 3.05) is 0 Å². The summed E-state index contributed by atoms with van der Waals surface area (Å²) in [5.41, 5.74) is -0.0169. The van der Waals surface area contributed by atoms with E-state index in [1.54, 1.807) is 0 Å². The molecule has 6 heteroatoms. The summed E-state index contributed by atoms with van der Waals surface area (Å²) in [5.74, 6) is 0. The van der Waals surface area contributed by atoms with Crippen molar-refractivity contribution in [1.82, 2.24) is 0 Å². The minimum Gasteiger partial charge on any atom is -0.381 e. The maximum Gasteiger partial charge on any atom is 0.330 e. The monoisotopic (exact) mass is 348 g/mol. The third-order valence-electron chi connectivity index (χ3n) is 1.57. The van der Waals surface area contributed by atoms with Gasteiger partial charge in [0.2, 0.25) is 0 Å². The van der Waals surface area contributed by atoms with Gasteiger partial charge in [-0.2, -0.15) is 8.78 Å². The van der Waals surface area contributed by atoms with Crippen LogP contribution in [0, 0.1) is 0 Å². The van der Waals surface area contributed by atoms with Crippen LogP contribution in [0.1, 0.15) is 11.7 Å². The van der Waals surface area contributed by atoms with E-state index >= 15 is 0 Å². The second-order valence-electron chi connectivity index (χ2n) is 2.61. The largest absolute Gasteiger partial charge is 0.381 e. The standard InChI is InChI=1S/C8H5Br2ClF2O/c9-4-1-2-5(6(11)3-4)7(14)8(10,12)13/h1-3,7,14H. The van der Waals surface area contributed by atoms with Crippen molar-refractivity contribution >= 4 is 43.5 Å². The van der Waals surface area contributed by atoms with E-state index in [-0.39, 0.29) is 10.6 Å². The van der Waals surface area contributed by atoms with Crippen LogP contribution in [0.3, 0.4) is 0 Å². The highest BCUT2D eigenvalue weighted by molar-refractivity contribution is 9.10. The highest BCUT2D eigenvalue weighted by atomic mass is 79.9. The molecule has 0 saturated heterocycles. The van der Waals surface area contributed by atoms with E-state index in [0.717, 1.165) is 0 Å². The summed E-state index contributed by atoms with van der Waals surface area (Å²) in [6.07, 6.45) is -1.96. The van der Waals surface area contributed by atoms with E-state index in [1.807, 2.05) is 0 Å². The quantitative estimate of drug-likeness (QED) is 0.796. The van der Waals surface area contributed by atoms with Crippen LogP contribution in [0.5, 0.6) is 0 Å². The summed E-state index contributed by atoms with van der Waals surface area (Å²) >= 11 is 10.9. The van der Waals surface area contributed by atoms with Crippen LogP contribution >= 0.6 is 43.5 Å². The van der Waals surface area contributed by atoms with E-state index < -0.39 is 10.9 Å². The molecule has 0 spiro atoms. The molecule has 1 aromatic carbocycles. The average Bonchev–Trinajstić information content (AvgIpc) is 2.01. The third-order valence-corrected chi connectivity index (χ3v) is 2.82. The first-order valence-corrected chi connectivity index (χ1v) is 5.48. The molecule has 1 rings (SSSR count). The Kier molecular flexibility index (Phi) is 3.91. The second-order valence-corrected chi connectivity index (χ2v) is 4.99. The van der Waals surface area contributed by atoms with E-state index in [0.29, 0.717) is 4.47 Å². The Labute approximate surface area is 101 Å². The van der Waals surface area contributed by atoms with Gasteiger partial charge in [-0.25, -0.2) is 0 Å². The average molecular weight is 350 g/mol. The molecule has 0 amide bonds. The number of hydrogen-bond donors (Lipinski definition) is 1. The number of rotatable bonds is 2. The SMILES string of the molecule is OC(c1ccc(Br)cc1Cl)C(F)(F)Br. The van der Waals surface area contributed by atoms with Crippen molar-refractivity contribution in [2.24, 2.45) is 0 Å². The number of halogens is 5. The molecule has 0 fully saturated rings. The number of alkyl halides is 3. The molecule has 0 saturated carbocycles. The fraction of sp³-hybridized carbons (Fsp3) is 0.250. The first-order chi connectivity index (χ1) is 6.32. The number of aliphatic hydroxyl groups excluding tert-OH is 1. The second kappa shape index (κ2) is 4.43. The summed E-state index contributed by atoms with van der Waals surface area (Å²) in [6, 6.07) is 4.31. The molecule has 1 aromatic rings. The van der Waals surface area contributed by atoms with Crippen molar-refractivity contribution in [3.8, 4) is 0 Å². The molecule has 1 unspecified atom stereocenters. The molecule has 0 radical (unpaired) electrons. The van der Waals surface area contributed by atoms with Gasteiger partial charge >= 0.3 is 4.83 Å². The minimum absolute atomic E-state index is 0.0169. The lowest BCUT2D eigenvalue weighted by Crippen LogP contribution is -2.18. The predicted molar refractivity (Wildman–Crippen MR) is 58.0 cm³/mol. The molecule has 0 aliphatic rings. The molecular formula is C8H5Br2ClF2O. The van der Waals surface area contributed by atoms with Crippen molar-refractivity contribution < 1.29 is 13.9 Å². The molecule has 78 valence electrons. The van der Waals surface area contributed by atoms with Gasteiger partial charge in [0.25, 0.3) is 0 Å². The molecule has 1 nitrogen and oxygen atoms in total. The summed E-state index contributed by atoms with van der Waals surface area (Å²) in [6.45, 7) is 0. The Morgan fingerprint density at radius 1 is 1.43 bits per heavy atom. The van der Waals surface area contributed by atoms with Crippen LogP contribution in [-0.2, 0) is 0 Å². The lowest BCUT2D eigenvalue weighted by atomic mass is 10.1. The maximum atomic E-state index is 12.7. The molecule has 0 aromatic heterocycles. The smallest absolute Gasteiger partial charge is 0.330 e. The van der Waals surface area contributed by atoms with Gasteiger partial charge in [-0.3, -0.25) is 0 Å². The zero-order valence-electron chi connectivity index (χ0n) is 6.65. The van der Waals surface area contributed by atoms with E-state index in [4.69, 9.17) is 11.6 Å². The van der Waals surface area contributed by atoms with Gasteiger partial charge in [-0.05, 0) is 28.1 Å². The van der Waals surface area contributed by atoms with Crippen LogP contribution in [0.2, 0.25) is 5.02 Å². The molecular weight excluding hydrogens is 345 g/mol. The minimum atomic E-state index is -3.38. The van der Waals surface area contributed by atoms with Gasteiger partial charge in [0.15, 0.2) is 6.10 Å². The summed E-state index contributed by atoms with van der Waals surface area (Å²) in [7, 11) is 0. The van der Waals surface area contributed by atoms with Gasteiger partial charge < -0.3 is 5.11 Å². The molecule has 0 aliphatic carbocycles. The fourth-order valence-electron chi connectivity index (χ4n) is 0.900. The van der Waals surface area contributed by atoms with Gasteiger partial charge in [-0.1, -0.05) is 33.6 Å². The lowest BCUT2D eigenvalue weighted by molar-refractivity contribution is -0.0294. The van der Waals surface area contributed by atoms with Crippen LogP contribution < -0.4 is 0 Å². The van der Waals surface area contributed by atoms with Crippen LogP contribution in [-0.4, -0.2) is 9.94 Å². The maximum absolute atomic E-state index is 12.7. The zero-order chi connectivity index (χ0) is 10.9. The number of hydrogen-bond acceptors (Lipinski definition) is 1. The van der Waals surface area contributed by atoms with Crippen molar-refractivity contribution in [3.05, 3.63) is 33.3 Å². The van der Waals surface area contributed by atoms with Crippen LogP contribution in [0.15, 0.2) is 22.7 Å². The Morgan fingerprint density at radius 3 is 2.43 bits per heavy atom. The Hall–Kier alpha value is 0.290. The van der Waals surface area contributed by atoms with Gasteiger partial charge in [0.1, 0.15) is 0 Å². The highest BCUT2D eigenvalue weighted by Gasteiger charge is 2.37. The zero-order valence-corrected chi connectivity index (χ0v) is 10.6. The molecule has 0 aliphatic heterocycles. The highest BCUT2D eigenvalue weighted by Crippen LogP contribution is 2.39. The fourth-order valence-corrected chi connectivity index (χ4v) is 1.92. The molecule has 1 atom stereocenters. The van der Waals surface area contributed by atoms with E-state index in [9.17, 15) is 13.9 Å². The first-order valence-electron chi connectivity index (χ1n) is 3.52. The predicted octanol–water partition coefficient (Wildman–Crippen LogP) is 4.12. The van der Waals surface area contributed by atoms with Crippen molar-refractivity contribution in [1.29, 1.82) is 0 Å². The Balaban J connectivity index is 3.08. The first kappa shape index (κ1) is 12.4. The van der Waals surface area contributed by atoms with Crippen molar-refractivity contribution in [3.63, 3.8) is 0 Å². The van der Waals surface area contributed by atoms with Crippen LogP contribution in [0.25, 0.3) is 0 Å². The topological polar surface area (TPSA) is 20.2 Å². The molecule has 0 bridgehead atoms. The Morgan fingerprint density at radius 2 is 2.00 bits per heavy atom. The van der Waals surface area contributed by atoms with E-state index in [2.05, 4.69) is 31.9 Å². The lowest BCUT2D eigenvalue weighted by Gasteiger charge is -2.17. The summed E-state index contributed by atoms with van der Waals surface area (Å²) in [5, 5.41) is 9.32. The normalized spacial score (nSPS) is 14.1. The molecule has 0 heterocycles. The van der Waals surface area contributed by atoms with Crippen molar-refractivity contribution in [2.45, 2.75) is 10.9 Å². The number of aliphatic hydroxyl groups is 1. The van der Waals surface area contributed by atoms with Gasteiger partial charge in [-0.15, -0.1) is 0 Å². The summed E-state index contributed by atoms with van der Waals surface area (Å²) in [4.78, 5) is -3.38. The van der Waals surface area contributed by atoms with Gasteiger partial charge in [0.05, 0.1) is 0 Å². The van der Waals surface area contributed by atoms with Crippen LogP contribution in [0.4, 0.5) is 8.78 Å². The number of benzene rings is 1. The summed E-state index contributed by atoms with van der Waals surface area (Å²) < 4.78 is 26.0. The molecule has 14 heavy (non-hydrogen) atoms. The van der Waals surface area contributed by atoms with Gasteiger partial charge in [0, 0.05) is 15.1 Å². The third kappa shape index (κ3) is 2.89.